The van der Waals surface area contributed by atoms with Crippen LogP contribution in [0, 0.1) is 27.7 Å². The molecule has 5 heteroatoms. The lowest BCUT2D eigenvalue weighted by molar-refractivity contribution is 1.17. The maximum Gasteiger partial charge on any atom is 0.252 e. The zero-order chi connectivity index (χ0) is 41.8. The lowest BCUT2D eigenvalue weighted by Crippen LogP contribution is -2.67. The van der Waals surface area contributed by atoms with E-state index in [0.717, 1.165) is 0 Å². The molecular weight excluding hydrogens is 760 g/mol. The van der Waals surface area contributed by atoms with Crippen LogP contribution in [0.15, 0.2) is 176 Å². The highest BCUT2D eigenvalue weighted by Crippen LogP contribution is 2.48. The molecule has 0 saturated heterocycles. The molecule has 4 aliphatic rings. The van der Waals surface area contributed by atoms with E-state index in [1.54, 1.807) is 0 Å². The molecule has 0 atom stereocenters. The van der Waals surface area contributed by atoms with E-state index in [-0.39, 0.29) is 13.4 Å². The lowest BCUT2D eigenvalue weighted by atomic mass is 9.29. The highest BCUT2D eigenvalue weighted by atomic mass is 15.2. The van der Waals surface area contributed by atoms with Crippen LogP contribution in [0.4, 0.5) is 34.1 Å². The molecule has 4 aliphatic heterocycles. The molecule has 10 aromatic rings. The van der Waals surface area contributed by atoms with Crippen LogP contribution in [0.25, 0.3) is 49.7 Å². The Bertz CT molecular complexity index is 3380. The van der Waals surface area contributed by atoms with Gasteiger partial charge in [0.2, 0.25) is 0 Å². The monoisotopic (exact) mass is 801 g/mol. The summed E-state index contributed by atoms with van der Waals surface area (Å²) in [6.07, 6.45) is 0. The summed E-state index contributed by atoms with van der Waals surface area (Å²) in [4.78, 5) is 5.14. The normalized spacial score (nSPS) is 13.6. The molecule has 294 valence electrons. The van der Waals surface area contributed by atoms with Gasteiger partial charge in [0.1, 0.15) is 0 Å². The molecule has 9 aromatic carbocycles. The predicted octanol–water partition coefficient (Wildman–Crippen LogP) is 10.6. The highest BCUT2D eigenvalue weighted by Gasteiger charge is 2.50. The standard InChI is InChI=1S/C58H41B2N3/c1-34-15-21-42(22-16-34)61-50-25-19-36(3)27-46(50)59-48-31-40(38-11-7-5-8-12-38)29-44-45-30-41(39-13-9-6-10-14-39)32-49-57(45)63(56(44)48)58-54(59)52(61)33-53-55(58)60(49)47-28-37(4)20-26-51(47)62(53)43-23-17-35(2)18-24-43/h5-33H,1-4H3. The topological polar surface area (TPSA) is 11.4 Å². The smallest absolute Gasteiger partial charge is 0.252 e. The van der Waals surface area contributed by atoms with Gasteiger partial charge < -0.3 is 14.4 Å². The van der Waals surface area contributed by atoms with Crippen LogP contribution in [-0.2, 0) is 0 Å². The number of fused-ring (bicyclic) bond motifs is 7. The molecule has 14 rings (SSSR count). The summed E-state index contributed by atoms with van der Waals surface area (Å²) in [5.74, 6) is 0. The second kappa shape index (κ2) is 12.6. The molecule has 0 spiro atoms. The zero-order valence-electron chi connectivity index (χ0n) is 35.7. The van der Waals surface area contributed by atoms with Crippen molar-refractivity contribution in [2.45, 2.75) is 27.7 Å². The van der Waals surface area contributed by atoms with Crippen molar-refractivity contribution in [3.8, 4) is 27.9 Å². The number of aromatic nitrogens is 1. The van der Waals surface area contributed by atoms with Gasteiger partial charge >= 0.3 is 0 Å². The lowest BCUT2D eigenvalue weighted by Gasteiger charge is -2.47. The Balaban J connectivity index is 1.22. The van der Waals surface area contributed by atoms with E-state index in [2.05, 4.69) is 218 Å². The number of aryl methyl sites for hydroxylation is 4. The van der Waals surface area contributed by atoms with Gasteiger partial charge in [-0.1, -0.05) is 144 Å². The van der Waals surface area contributed by atoms with Gasteiger partial charge in [-0.15, -0.1) is 0 Å². The molecule has 63 heavy (non-hydrogen) atoms. The van der Waals surface area contributed by atoms with Gasteiger partial charge in [0.05, 0.1) is 0 Å². The fourth-order valence-corrected chi connectivity index (χ4v) is 11.8. The third kappa shape index (κ3) is 4.72. The number of benzene rings is 9. The van der Waals surface area contributed by atoms with Crippen molar-refractivity contribution in [1.82, 2.24) is 4.57 Å². The average Bonchev–Trinajstić information content (AvgIpc) is 3.65. The number of hydrogen-bond acceptors (Lipinski definition) is 2. The molecule has 5 heterocycles. The molecule has 0 N–H and O–H groups in total. The molecule has 0 aliphatic carbocycles. The van der Waals surface area contributed by atoms with E-state index >= 15 is 0 Å². The zero-order valence-corrected chi connectivity index (χ0v) is 35.7. The van der Waals surface area contributed by atoms with Gasteiger partial charge in [-0.25, -0.2) is 0 Å². The van der Waals surface area contributed by atoms with E-state index in [1.165, 1.54) is 139 Å². The summed E-state index contributed by atoms with van der Waals surface area (Å²) < 4.78 is 2.73. The number of nitrogens with zero attached hydrogens (tertiary/aromatic N) is 3. The van der Waals surface area contributed by atoms with Crippen LogP contribution in [0.5, 0.6) is 0 Å². The first-order valence-corrected chi connectivity index (χ1v) is 22.3. The van der Waals surface area contributed by atoms with Gasteiger partial charge in [0.15, 0.2) is 0 Å². The predicted molar refractivity (Wildman–Crippen MR) is 269 cm³/mol. The van der Waals surface area contributed by atoms with Crippen molar-refractivity contribution in [2.24, 2.45) is 0 Å². The van der Waals surface area contributed by atoms with E-state index in [9.17, 15) is 0 Å². The van der Waals surface area contributed by atoms with E-state index in [0.29, 0.717) is 0 Å². The first kappa shape index (κ1) is 35.1. The van der Waals surface area contributed by atoms with Crippen LogP contribution in [0.1, 0.15) is 22.3 Å². The van der Waals surface area contributed by atoms with Crippen LogP contribution >= 0.6 is 0 Å². The Morgan fingerprint density at radius 3 is 1.17 bits per heavy atom. The van der Waals surface area contributed by atoms with Crippen LogP contribution in [0.3, 0.4) is 0 Å². The third-order valence-electron chi connectivity index (χ3n) is 14.5. The Hall–Kier alpha value is -7.49. The van der Waals surface area contributed by atoms with E-state index in [1.807, 2.05) is 0 Å². The minimum atomic E-state index is 0.0161. The van der Waals surface area contributed by atoms with Crippen molar-refractivity contribution in [3.63, 3.8) is 0 Å². The summed E-state index contributed by atoms with van der Waals surface area (Å²) >= 11 is 0. The van der Waals surface area contributed by atoms with Gasteiger partial charge in [-0.05, 0) is 137 Å². The van der Waals surface area contributed by atoms with Gasteiger partial charge in [0.25, 0.3) is 13.4 Å². The van der Waals surface area contributed by atoms with Crippen molar-refractivity contribution < 1.29 is 0 Å². The van der Waals surface area contributed by atoms with Gasteiger partial charge in [0, 0.05) is 61.6 Å². The van der Waals surface area contributed by atoms with Crippen LogP contribution in [-0.4, -0.2) is 18.0 Å². The third-order valence-corrected chi connectivity index (χ3v) is 14.5. The average molecular weight is 802 g/mol. The highest BCUT2D eigenvalue weighted by molar-refractivity contribution is 7.04. The van der Waals surface area contributed by atoms with E-state index in [4.69, 9.17) is 0 Å². The summed E-state index contributed by atoms with van der Waals surface area (Å²) in [7, 11) is 0. The molecule has 0 fully saturated rings. The summed E-state index contributed by atoms with van der Waals surface area (Å²) in [6, 6.07) is 67.3. The Kier molecular flexibility index (Phi) is 7.00. The number of rotatable bonds is 4. The second-order valence-corrected chi connectivity index (χ2v) is 18.4. The molecule has 0 bridgehead atoms. The molecule has 3 nitrogen and oxygen atoms in total. The SMILES string of the molecule is Cc1ccc(N2c3ccc(C)cc3B3c4c2cc2c5c4-n4c6c3cc(-c3ccccc3)cc6c3cc(-c6ccccc6)cc(c34)B5c3cc(C)ccc3N2c2ccc(C)cc2)cc1. The second-order valence-electron chi connectivity index (χ2n) is 18.4. The van der Waals surface area contributed by atoms with Crippen molar-refractivity contribution in [3.05, 3.63) is 198 Å². The quantitative estimate of drug-likeness (QED) is 0.164. The largest absolute Gasteiger partial charge is 0.311 e. The van der Waals surface area contributed by atoms with Gasteiger partial charge in [-0.3, -0.25) is 0 Å². The fourth-order valence-electron chi connectivity index (χ4n) is 11.8. The van der Waals surface area contributed by atoms with Crippen molar-refractivity contribution in [1.29, 1.82) is 0 Å². The van der Waals surface area contributed by atoms with E-state index < -0.39 is 0 Å². The molecule has 1 aromatic heterocycles. The molecule has 0 unspecified atom stereocenters. The van der Waals surface area contributed by atoms with Crippen molar-refractivity contribution >= 4 is 102 Å². The maximum absolute atomic E-state index is 2.73. The Labute approximate surface area is 368 Å². The molecule has 0 saturated carbocycles. The minimum absolute atomic E-state index is 0.0161. The maximum atomic E-state index is 2.73. The Morgan fingerprint density at radius 2 is 0.746 bits per heavy atom. The summed E-state index contributed by atoms with van der Waals surface area (Å²) in [5, 5.41) is 2.64. The first-order chi connectivity index (χ1) is 30.9. The molecule has 0 amide bonds. The Morgan fingerprint density at radius 1 is 0.333 bits per heavy atom. The fraction of sp³-hybridized carbons (Fsp3) is 0.0690. The molecule has 0 radical (unpaired) electrons. The van der Waals surface area contributed by atoms with Crippen LogP contribution in [0.2, 0.25) is 0 Å². The summed E-state index contributed by atoms with van der Waals surface area (Å²) in [6.45, 7) is 8.91. The summed E-state index contributed by atoms with van der Waals surface area (Å²) in [5.41, 5.74) is 29.6. The number of hydrogen-bond donors (Lipinski definition) is 0. The first-order valence-electron chi connectivity index (χ1n) is 22.3. The van der Waals surface area contributed by atoms with Crippen molar-refractivity contribution in [2.75, 3.05) is 9.80 Å². The number of anilines is 6. The van der Waals surface area contributed by atoms with Gasteiger partial charge in [-0.2, -0.15) is 0 Å². The van der Waals surface area contributed by atoms with Crippen LogP contribution < -0.4 is 42.6 Å². The molecular formula is C58H41B2N3. The minimum Gasteiger partial charge on any atom is -0.311 e.